The van der Waals surface area contributed by atoms with Crippen molar-refractivity contribution in [3.05, 3.63) is 24.3 Å². The fraction of sp³-hybridized carbons (Fsp3) is 0.538. The van der Waals surface area contributed by atoms with Crippen LogP contribution in [0.25, 0.3) is 0 Å². The largest absolute Gasteiger partial charge is 0.461 e. The monoisotopic (exact) mass is 472 g/mol. The van der Waals surface area contributed by atoms with Gasteiger partial charge in [-0.1, -0.05) is 59.0 Å². The second-order valence-corrected chi connectivity index (χ2v) is 7.71. The van der Waals surface area contributed by atoms with E-state index in [2.05, 4.69) is 69.7 Å². The first-order valence-corrected chi connectivity index (χ1v) is 11.4. The van der Waals surface area contributed by atoms with Gasteiger partial charge in [-0.05, 0) is 51.9 Å². The number of Topliss-reactive ketones (excluding diaryl/α,β-unsaturated/α-hetero) is 1. The fourth-order valence-electron chi connectivity index (χ4n) is 2.40. The lowest BCUT2D eigenvalue weighted by atomic mass is 10.1. The van der Waals surface area contributed by atoms with Crippen molar-refractivity contribution in [2.24, 2.45) is 0 Å². The number of hydrogen-bond acceptors (Lipinski definition) is 3. The molecule has 30 heavy (non-hydrogen) atoms. The van der Waals surface area contributed by atoms with E-state index in [0.717, 1.165) is 38.5 Å². The first kappa shape index (κ1) is 27.8. The predicted molar refractivity (Wildman–Crippen MR) is 128 cm³/mol. The molecule has 0 fully saturated rings. The smallest absolute Gasteiger partial charge is 0.314 e. The lowest BCUT2D eigenvalue weighted by molar-refractivity contribution is -0.150. The maximum atomic E-state index is 12.1. The van der Waals surface area contributed by atoms with Crippen LogP contribution in [0, 0.1) is 35.5 Å². The van der Waals surface area contributed by atoms with Crippen molar-refractivity contribution in [2.75, 3.05) is 0 Å². The Labute approximate surface area is 191 Å². The Morgan fingerprint density at radius 2 is 1.63 bits per heavy atom. The van der Waals surface area contributed by atoms with Gasteiger partial charge < -0.3 is 4.74 Å². The summed E-state index contributed by atoms with van der Waals surface area (Å²) < 4.78 is 5.47. The van der Waals surface area contributed by atoms with Crippen molar-refractivity contribution in [2.45, 2.75) is 89.5 Å². The highest BCUT2D eigenvalue weighted by molar-refractivity contribution is 9.09. The Morgan fingerprint density at radius 1 is 0.967 bits per heavy atom. The molecule has 0 spiro atoms. The molecule has 2 atom stereocenters. The van der Waals surface area contributed by atoms with E-state index in [1.165, 1.54) is 0 Å². The number of allylic oxidation sites excluding steroid dienone is 4. The van der Waals surface area contributed by atoms with Crippen LogP contribution >= 0.6 is 15.9 Å². The van der Waals surface area contributed by atoms with Crippen LogP contribution < -0.4 is 0 Å². The van der Waals surface area contributed by atoms with Gasteiger partial charge in [0, 0.05) is 19.3 Å². The zero-order valence-corrected chi connectivity index (χ0v) is 20.0. The van der Waals surface area contributed by atoms with Gasteiger partial charge in [-0.3, -0.25) is 9.59 Å². The SMILES string of the molecule is CC#CC/C=C/C/C=C/C[C@H](Br)[C@H](CC)OC(=O)CC(=O)C#CCCCCC#CC. The van der Waals surface area contributed by atoms with Gasteiger partial charge in [0.1, 0.15) is 12.5 Å². The zero-order chi connectivity index (χ0) is 22.5. The summed E-state index contributed by atoms with van der Waals surface area (Å²) in [6, 6.07) is 0. The Balaban J connectivity index is 4.22. The molecule has 0 rings (SSSR count). The zero-order valence-electron chi connectivity index (χ0n) is 18.4. The van der Waals surface area contributed by atoms with Crippen molar-refractivity contribution in [3.63, 3.8) is 0 Å². The number of esters is 1. The third kappa shape index (κ3) is 16.7. The van der Waals surface area contributed by atoms with Gasteiger partial charge in [0.15, 0.2) is 0 Å². The van der Waals surface area contributed by atoms with Gasteiger partial charge in [0.25, 0.3) is 0 Å². The third-order valence-electron chi connectivity index (χ3n) is 4.02. The fourth-order valence-corrected chi connectivity index (χ4v) is 3.10. The molecule has 3 nitrogen and oxygen atoms in total. The van der Waals surface area contributed by atoms with Crippen molar-refractivity contribution in [1.82, 2.24) is 0 Å². The van der Waals surface area contributed by atoms with Crippen LogP contribution in [0.1, 0.15) is 78.6 Å². The molecule has 0 saturated carbocycles. The summed E-state index contributed by atoms with van der Waals surface area (Å²) in [6.07, 6.45) is 14.1. The molecule has 0 radical (unpaired) electrons. The molecule has 0 saturated heterocycles. The number of carbonyl (C=O) groups excluding carboxylic acids is 2. The van der Waals surface area contributed by atoms with Gasteiger partial charge >= 0.3 is 5.97 Å². The molecular formula is C26H33BrO3. The lowest BCUT2D eigenvalue weighted by Gasteiger charge is -2.20. The van der Waals surface area contributed by atoms with Gasteiger partial charge in [-0.15, -0.1) is 17.8 Å². The second kappa shape index (κ2) is 20.1. The Morgan fingerprint density at radius 3 is 2.30 bits per heavy atom. The molecule has 0 aromatic carbocycles. The molecule has 0 aliphatic rings. The second-order valence-electron chi connectivity index (χ2n) is 6.53. The molecular weight excluding hydrogens is 440 g/mol. The van der Waals surface area contributed by atoms with E-state index in [1.807, 2.05) is 26.8 Å². The maximum Gasteiger partial charge on any atom is 0.314 e. The first-order valence-electron chi connectivity index (χ1n) is 10.5. The highest BCUT2D eigenvalue weighted by atomic mass is 79.9. The average Bonchev–Trinajstić information content (AvgIpc) is 2.73. The van der Waals surface area contributed by atoms with Crippen LogP contribution in [-0.2, 0) is 14.3 Å². The van der Waals surface area contributed by atoms with Crippen molar-refractivity contribution in [3.8, 4) is 35.5 Å². The third-order valence-corrected chi connectivity index (χ3v) is 4.98. The Kier molecular flexibility index (Phi) is 18.6. The predicted octanol–water partition coefficient (Wildman–Crippen LogP) is 5.92. The number of unbranched alkanes of at least 4 members (excludes halogenated alkanes) is 3. The van der Waals surface area contributed by atoms with Crippen LogP contribution in [0.5, 0.6) is 0 Å². The minimum absolute atomic E-state index is 0.00467. The summed E-state index contributed by atoms with van der Waals surface area (Å²) in [5.74, 6) is 16.1. The van der Waals surface area contributed by atoms with E-state index < -0.39 is 11.8 Å². The van der Waals surface area contributed by atoms with Crippen LogP contribution in [0.3, 0.4) is 0 Å². The van der Waals surface area contributed by atoms with E-state index in [1.54, 1.807) is 0 Å². The molecule has 4 heteroatoms. The van der Waals surface area contributed by atoms with Gasteiger partial charge in [0.2, 0.25) is 5.78 Å². The first-order chi connectivity index (χ1) is 14.5. The minimum Gasteiger partial charge on any atom is -0.461 e. The normalized spacial score (nSPS) is 12.1. The molecule has 0 aliphatic carbocycles. The summed E-state index contributed by atoms with van der Waals surface area (Å²) in [5.41, 5.74) is 0. The topological polar surface area (TPSA) is 43.4 Å². The number of carbonyl (C=O) groups is 2. The number of hydrogen-bond donors (Lipinski definition) is 0. The van der Waals surface area contributed by atoms with Gasteiger partial charge in [-0.2, -0.15) is 0 Å². The summed E-state index contributed by atoms with van der Waals surface area (Å²) in [7, 11) is 0. The van der Waals surface area contributed by atoms with Crippen LogP contribution in [0.2, 0.25) is 0 Å². The Bertz CT molecular complexity index is 744. The highest BCUT2D eigenvalue weighted by Crippen LogP contribution is 2.18. The quantitative estimate of drug-likeness (QED) is 0.0634. The molecule has 0 aliphatic heterocycles. The van der Waals surface area contributed by atoms with Crippen LogP contribution in [-0.4, -0.2) is 22.7 Å². The molecule has 0 unspecified atom stereocenters. The molecule has 0 aromatic heterocycles. The molecule has 0 amide bonds. The molecule has 0 aromatic rings. The van der Waals surface area contributed by atoms with Crippen molar-refractivity contribution < 1.29 is 14.3 Å². The standard InChI is InChI=1S/C26H33BrO3/c1-4-7-9-11-13-15-17-19-21-24(27)25(6-3)30-26(29)22-23(28)20-18-16-14-12-10-8-5-2/h11,13,17,19,24-25H,6,9-10,12,14-16,21-22H2,1-3H3/b13-11+,19-17+/t24-,25-/m0/s1. The number of alkyl halides is 1. The average molecular weight is 473 g/mol. The van der Waals surface area contributed by atoms with E-state index in [4.69, 9.17) is 4.74 Å². The highest BCUT2D eigenvalue weighted by Gasteiger charge is 2.21. The van der Waals surface area contributed by atoms with E-state index in [-0.39, 0.29) is 17.4 Å². The van der Waals surface area contributed by atoms with E-state index >= 15 is 0 Å². The summed E-state index contributed by atoms with van der Waals surface area (Å²) >= 11 is 3.59. The molecule has 0 N–H and O–H groups in total. The van der Waals surface area contributed by atoms with Crippen LogP contribution in [0.4, 0.5) is 0 Å². The molecule has 0 heterocycles. The maximum absolute atomic E-state index is 12.1. The number of ether oxygens (including phenoxy) is 1. The summed E-state index contributed by atoms with van der Waals surface area (Å²) in [4.78, 5) is 23.9. The molecule has 0 bridgehead atoms. The summed E-state index contributed by atoms with van der Waals surface area (Å²) in [6.45, 7) is 5.61. The molecule has 162 valence electrons. The lowest BCUT2D eigenvalue weighted by Crippen LogP contribution is -2.27. The number of rotatable bonds is 13. The minimum atomic E-state index is -0.521. The van der Waals surface area contributed by atoms with Crippen molar-refractivity contribution in [1.29, 1.82) is 0 Å². The van der Waals surface area contributed by atoms with E-state index in [0.29, 0.717) is 12.8 Å². The van der Waals surface area contributed by atoms with E-state index in [9.17, 15) is 9.59 Å². The van der Waals surface area contributed by atoms with Gasteiger partial charge in [0.05, 0.1) is 4.83 Å². The van der Waals surface area contributed by atoms with Crippen molar-refractivity contribution >= 4 is 27.7 Å². The number of ketones is 1. The van der Waals surface area contributed by atoms with Gasteiger partial charge in [-0.25, -0.2) is 0 Å². The number of halogens is 1. The van der Waals surface area contributed by atoms with Crippen LogP contribution in [0.15, 0.2) is 24.3 Å². The summed E-state index contributed by atoms with van der Waals surface area (Å²) in [5, 5.41) is 0. The Hall–Kier alpha value is -2.22.